The number of benzene rings is 2. The number of aromatic nitrogens is 1. The molecule has 0 bridgehead atoms. The molecule has 134 valence electrons. The number of nitrogens with zero attached hydrogens (tertiary/aromatic N) is 2. The van der Waals surface area contributed by atoms with E-state index in [0.717, 1.165) is 22.0 Å². The normalized spacial score (nSPS) is 15.4. The van der Waals surface area contributed by atoms with Gasteiger partial charge in [-0.25, -0.2) is 0 Å². The van der Waals surface area contributed by atoms with Crippen LogP contribution in [0.3, 0.4) is 0 Å². The first-order valence-electron chi connectivity index (χ1n) is 8.82. The van der Waals surface area contributed by atoms with Crippen LogP contribution in [-0.2, 0) is 9.59 Å². The fourth-order valence-corrected chi connectivity index (χ4v) is 3.44. The van der Waals surface area contributed by atoms with Crippen LogP contribution in [0.1, 0.15) is 30.5 Å². The number of anilines is 1. The average Bonchev–Trinajstić information content (AvgIpc) is 2.68. The van der Waals surface area contributed by atoms with Gasteiger partial charge in [-0.3, -0.25) is 14.6 Å². The molecule has 2 heterocycles. The largest absolute Gasteiger partial charge is 0.325 e. The zero-order valence-electron chi connectivity index (χ0n) is 14.9. The first-order valence-corrected chi connectivity index (χ1v) is 8.82. The minimum absolute atomic E-state index is 0.0917. The molecule has 3 aromatic rings. The molecule has 0 saturated heterocycles. The van der Waals surface area contributed by atoms with Gasteiger partial charge in [0.1, 0.15) is 0 Å². The monoisotopic (exact) mass is 357 g/mol. The summed E-state index contributed by atoms with van der Waals surface area (Å²) in [6.07, 6.45) is 5.48. The Kier molecular flexibility index (Phi) is 4.42. The molecular weight excluding hydrogens is 338 g/mol. The van der Waals surface area contributed by atoms with Crippen molar-refractivity contribution in [3.8, 4) is 0 Å². The number of carbonyl (C=O) groups is 2. The minimum Gasteiger partial charge on any atom is -0.325 e. The molecule has 0 fully saturated rings. The third-order valence-corrected chi connectivity index (χ3v) is 4.72. The highest BCUT2D eigenvalue weighted by Crippen LogP contribution is 2.33. The van der Waals surface area contributed by atoms with E-state index in [1.165, 1.54) is 6.92 Å². The molecule has 4 rings (SSSR count). The van der Waals surface area contributed by atoms with E-state index in [-0.39, 0.29) is 24.3 Å². The van der Waals surface area contributed by atoms with Gasteiger partial charge in [0.2, 0.25) is 11.8 Å². The van der Waals surface area contributed by atoms with Crippen LogP contribution in [0.15, 0.2) is 67.0 Å². The molecule has 2 amide bonds. The van der Waals surface area contributed by atoms with Crippen LogP contribution < -0.4 is 5.32 Å². The highest BCUT2D eigenvalue weighted by atomic mass is 16.2. The highest BCUT2D eigenvalue weighted by Gasteiger charge is 2.28. The summed E-state index contributed by atoms with van der Waals surface area (Å²) < 4.78 is 0. The van der Waals surface area contributed by atoms with Gasteiger partial charge in [0.05, 0.1) is 29.9 Å². The molecule has 1 N–H and O–H groups in total. The van der Waals surface area contributed by atoms with Gasteiger partial charge < -0.3 is 10.2 Å². The van der Waals surface area contributed by atoms with Gasteiger partial charge in [-0.05, 0) is 29.3 Å². The summed E-state index contributed by atoms with van der Waals surface area (Å²) in [5.41, 5.74) is 3.53. The number of carbonyl (C=O) groups excluding carboxylic acids is 2. The van der Waals surface area contributed by atoms with E-state index in [9.17, 15) is 9.59 Å². The van der Waals surface area contributed by atoms with Crippen LogP contribution in [0.2, 0.25) is 0 Å². The number of hydrogen-bond acceptors (Lipinski definition) is 3. The molecule has 1 atom stereocenters. The number of nitrogens with one attached hydrogen (secondary N) is 1. The molecule has 0 aliphatic carbocycles. The summed E-state index contributed by atoms with van der Waals surface area (Å²) >= 11 is 0. The van der Waals surface area contributed by atoms with Crippen molar-refractivity contribution in [2.24, 2.45) is 0 Å². The lowest BCUT2D eigenvalue weighted by molar-refractivity contribution is -0.129. The topological polar surface area (TPSA) is 62.3 Å². The molecular formula is C22H19N3O2. The van der Waals surface area contributed by atoms with Crippen LogP contribution >= 0.6 is 0 Å². The number of para-hydroxylation sites is 1. The molecule has 0 radical (unpaired) electrons. The van der Waals surface area contributed by atoms with E-state index >= 15 is 0 Å². The number of amides is 2. The van der Waals surface area contributed by atoms with Crippen molar-refractivity contribution in [2.45, 2.75) is 19.4 Å². The van der Waals surface area contributed by atoms with E-state index in [2.05, 4.69) is 10.3 Å². The first kappa shape index (κ1) is 17.0. The Morgan fingerprint density at radius 1 is 1.11 bits per heavy atom. The maximum Gasteiger partial charge on any atom is 0.226 e. The number of pyridine rings is 1. The third kappa shape index (κ3) is 3.44. The van der Waals surface area contributed by atoms with Crippen LogP contribution in [0.5, 0.6) is 0 Å². The Balaban J connectivity index is 1.56. The second kappa shape index (κ2) is 7.03. The quantitative estimate of drug-likeness (QED) is 0.766. The summed E-state index contributed by atoms with van der Waals surface area (Å²) in [5, 5.41) is 3.87. The lowest BCUT2D eigenvalue weighted by atomic mass is 9.93. The fraction of sp³-hybridized carbons (Fsp3) is 0.136. The molecule has 1 aliphatic heterocycles. The van der Waals surface area contributed by atoms with Crippen molar-refractivity contribution in [1.29, 1.82) is 0 Å². The number of hydrogen-bond donors (Lipinski definition) is 1. The summed E-state index contributed by atoms with van der Waals surface area (Å²) in [7, 11) is 0. The second-order valence-electron chi connectivity index (χ2n) is 6.56. The van der Waals surface area contributed by atoms with Crippen molar-refractivity contribution < 1.29 is 9.59 Å². The molecule has 0 unspecified atom stereocenters. The third-order valence-electron chi connectivity index (χ3n) is 4.72. The van der Waals surface area contributed by atoms with Gasteiger partial charge >= 0.3 is 0 Å². The van der Waals surface area contributed by atoms with E-state index in [1.807, 2.05) is 60.7 Å². The molecule has 0 saturated carbocycles. The summed E-state index contributed by atoms with van der Waals surface area (Å²) in [6.45, 7) is 1.51. The lowest BCUT2D eigenvalue weighted by Crippen LogP contribution is -2.33. The van der Waals surface area contributed by atoms with Gasteiger partial charge in [-0.1, -0.05) is 42.5 Å². The molecule has 5 nitrogen and oxygen atoms in total. The van der Waals surface area contributed by atoms with Gasteiger partial charge in [0, 0.05) is 18.5 Å². The van der Waals surface area contributed by atoms with E-state index in [0.29, 0.717) is 5.69 Å². The van der Waals surface area contributed by atoms with E-state index in [4.69, 9.17) is 0 Å². The van der Waals surface area contributed by atoms with Crippen molar-refractivity contribution in [1.82, 2.24) is 9.88 Å². The summed E-state index contributed by atoms with van der Waals surface area (Å²) in [6, 6.07) is 17.2. The smallest absolute Gasteiger partial charge is 0.226 e. The summed E-state index contributed by atoms with van der Waals surface area (Å²) in [4.78, 5) is 30.7. The predicted octanol–water partition coefficient (Wildman–Crippen LogP) is 4.14. The Morgan fingerprint density at radius 3 is 2.74 bits per heavy atom. The maximum atomic E-state index is 12.7. The molecule has 2 aromatic carbocycles. The van der Waals surface area contributed by atoms with Crippen molar-refractivity contribution in [3.63, 3.8) is 0 Å². The zero-order chi connectivity index (χ0) is 18.8. The predicted molar refractivity (Wildman–Crippen MR) is 106 cm³/mol. The summed E-state index contributed by atoms with van der Waals surface area (Å²) in [5.74, 6) is -0.251. The van der Waals surface area contributed by atoms with Crippen molar-refractivity contribution in [2.75, 3.05) is 5.32 Å². The van der Waals surface area contributed by atoms with Crippen LogP contribution in [0.4, 0.5) is 5.69 Å². The van der Waals surface area contributed by atoms with E-state index in [1.54, 1.807) is 17.3 Å². The highest BCUT2D eigenvalue weighted by molar-refractivity contribution is 5.94. The number of rotatable bonds is 3. The van der Waals surface area contributed by atoms with E-state index < -0.39 is 0 Å². The van der Waals surface area contributed by atoms with Crippen molar-refractivity contribution >= 4 is 34.5 Å². The minimum atomic E-state index is -0.322. The standard InChI is InChI=1S/C22H19N3O2/c1-15(26)25-11-10-16-6-2-4-8-19(16)21(25)13-22(27)24-18-12-17-7-3-5-9-20(17)23-14-18/h2-12,14,21H,13H2,1H3,(H,24,27)/t21-/m1/s1. The molecule has 1 aliphatic rings. The average molecular weight is 357 g/mol. The second-order valence-corrected chi connectivity index (χ2v) is 6.56. The fourth-order valence-electron chi connectivity index (χ4n) is 3.44. The number of fused-ring (bicyclic) bond motifs is 2. The van der Waals surface area contributed by atoms with Crippen molar-refractivity contribution in [3.05, 3.63) is 78.1 Å². The lowest BCUT2D eigenvalue weighted by Gasteiger charge is -2.32. The Hall–Kier alpha value is -3.47. The molecule has 0 spiro atoms. The zero-order valence-corrected chi connectivity index (χ0v) is 14.9. The molecule has 5 heteroatoms. The Morgan fingerprint density at radius 2 is 1.89 bits per heavy atom. The first-order chi connectivity index (χ1) is 13.1. The molecule has 1 aromatic heterocycles. The van der Waals surface area contributed by atoms with Crippen LogP contribution in [-0.4, -0.2) is 21.7 Å². The van der Waals surface area contributed by atoms with Crippen LogP contribution in [0.25, 0.3) is 17.0 Å². The van der Waals surface area contributed by atoms with Gasteiger partial charge in [-0.15, -0.1) is 0 Å². The van der Waals surface area contributed by atoms with Gasteiger partial charge in [0.25, 0.3) is 0 Å². The SMILES string of the molecule is CC(=O)N1C=Cc2ccccc2[C@H]1CC(=O)Nc1cnc2ccccc2c1. The van der Waals surface area contributed by atoms with Gasteiger partial charge in [0.15, 0.2) is 0 Å². The Bertz CT molecular complexity index is 1060. The molecule has 27 heavy (non-hydrogen) atoms. The van der Waals surface area contributed by atoms with Gasteiger partial charge in [-0.2, -0.15) is 0 Å². The Labute approximate surface area is 157 Å². The maximum absolute atomic E-state index is 12.7. The van der Waals surface area contributed by atoms with Crippen LogP contribution in [0, 0.1) is 0 Å².